The van der Waals surface area contributed by atoms with E-state index in [9.17, 15) is 4.79 Å². The number of nitrogen functional groups attached to an aromatic ring is 1. The Labute approximate surface area is 110 Å². The van der Waals surface area contributed by atoms with Crippen molar-refractivity contribution < 1.29 is 4.79 Å². The normalized spacial score (nSPS) is 12.2. The number of hydrogen-bond donors (Lipinski definition) is 2. The van der Waals surface area contributed by atoms with Crippen molar-refractivity contribution in [2.75, 3.05) is 5.73 Å². The van der Waals surface area contributed by atoms with E-state index in [2.05, 4.69) is 19.2 Å². The van der Waals surface area contributed by atoms with E-state index in [0.29, 0.717) is 5.56 Å². The molecule has 0 spiro atoms. The summed E-state index contributed by atoms with van der Waals surface area (Å²) < 4.78 is 0. The lowest BCUT2D eigenvalue weighted by Crippen LogP contribution is -2.32. The zero-order valence-electron chi connectivity index (χ0n) is 11.6. The molecule has 3 N–H and O–H groups in total. The van der Waals surface area contributed by atoms with E-state index in [-0.39, 0.29) is 11.9 Å². The smallest absolute Gasteiger partial charge is 0.251 e. The molecular formula is C15H24N2O. The molecule has 3 heteroatoms. The predicted octanol–water partition coefficient (Wildman–Crippen LogP) is 3.28. The van der Waals surface area contributed by atoms with Crippen LogP contribution < -0.4 is 11.1 Å². The van der Waals surface area contributed by atoms with Crippen LogP contribution in [0, 0.1) is 6.92 Å². The van der Waals surface area contributed by atoms with Gasteiger partial charge < -0.3 is 11.1 Å². The first-order chi connectivity index (χ1) is 8.54. The third-order valence-corrected chi connectivity index (χ3v) is 3.15. The molecule has 1 unspecified atom stereocenters. The van der Waals surface area contributed by atoms with Crippen molar-refractivity contribution in [1.82, 2.24) is 5.32 Å². The second-order valence-electron chi connectivity index (χ2n) is 4.94. The van der Waals surface area contributed by atoms with E-state index in [4.69, 9.17) is 5.73 Å². The molecular weight excluding hydrogens is 224 g/mol. The van der Waals surface area contributed by atoms with Crippen LogP contribution in [0.2, 0.25) is 0 Å². The fraction of sp³-hybridized carbons (Fsp3) is 0.533. The minimum absolute atomic E-state index is 0.0119. The van der Waals surface area contributed by atoms with E-state index >= 15 is 0 Å². The molecule has 18 heavy (non-hydrogen) atoms. The molecule has 0 fully saturated rings. The maximum atomic E-state index is 12.0. The summed E-state index contributed by atoms with van der Waals surface area (Å²) in [4.78, 5) is 12.0. The monoisotopic (exact) mass is 248 g/mol. The van der Waals surface area contributed by atoms with Gasteiger partial charge in [0.1, 0.15) is 0 Å². The first-order valence-corrected chi connectivity index (χ1v) is 6.71. The summed E-state index contributed by atoms with van der Waals surface area (Å²) in [5, 5.41) is 3.02. The fourth-order valence-electron chi connectivity index (χ4n) is 1.90. The number of hydrogen-bond acceptors (Lipinski definition) is 2. The van der Waals surface area contributed by atoms with E-state index < -0.39 is 0 Å². The van der Waals surface area contributed by atoms with Gasteiger partial charge in [-0.15, -0.1) is 0 Å². The third-order valence-electron chi connectivity index (χ3n) is 3.15. The van der Waals surface area contributed by atoms with E-state index in [1.807, 2.05) is 13.0 Å². The molecule has 100 valence electrons. The van der Waals surface area contributed by atoms with Crippen molar-refractivity contribution in [3.63, 3.8) is 0 Å². The maximum Gasteiger partial charge on any atom is 0.251 e. The van der Waals surface area contributed by atoms with E-state index in [0.717, 1.165) is 17.7 Å². The van der Waals surface area contributed by atoms with Gasteiger partial charge in [-0.1, -0.05) is 26.2 Å². The van der Waals surface area contributed by atoms with Gasteiger partial charge in [-0.3, -0.25) is 4.79 Å². The van der Waals surface area contributed by atoms with Crippen LogP contribution in [0.1, 0.15) is 55.5 Å². The van der Waals surface area contributed by atoms with Crippen LogP contribution in [-0.2, 0) is 0 Å². The number of carbonyl (C=O) groups is 1. The number of unbranched alkanes of at least 4 members (excludes halogenated alkanes) is 2. The van der Waals surface area contributed by atoms with Crippen LogP contribution in [-0.4, -0.2) is 11.9 Å². The van der Waals surface area contributed by atoms with Gasteiger partial charge in [-0.2, -0.15) is 0 Å². The van der Waals surface area contributed by atoms with Crippen molar-refractivity contribution in [3.05, 3.63) is 29.3 Å². The van der Waals surface area contributed by atoms with Gasteiger partial charge in [0.25, 0.3) is 5.91 Å². The second-order valence-corrected chi connectivity index (χ2v) is 4.94. The number of nitrogens with two attached hydrogens (primary N) is 1. The van der Waals surface area contributed by atoms with Crippen molar-refractivity contribution in [2.45, 2.75) is 52.5 Å². The summed E-state index contributed by atoms with van der Waals surface area (Å²) in [6.07, 6.45) is 4.63. The number of amides is 1. The lowest BCUT2D eigenvalue weighted by molar-refractivity contribution is 0.0938. The van der Waals surface area contributed by atoms with Gasteiger partial charge in [0.05, 0.1) is 0 Å². The van der Waals surface area contributed by atoms with Gasteiger partial charge in [0, 0.05) is 17.3 Å². The molecule has 0 saturated carbocycles. The van der Waals surface area contributed by atoms with Crippen molar-refractivity contribution in [2.24, 2.45) is 0 Å². The molecule has 3 nitrogen and oxygen atoms in total. The van der Waals surface area contributed by atoms with Gasteiger partial charge in [0.15, 0.2) is 0 Å². The summed E-state index contributed by atoms with van der Waals surface area (Å²) in [5.41, 5.74) is 8.09. The van der Waals surface area contributed by atoms with Crippen LogP contribution in [0.15, 0.2) is 18.2 Å². The fourth-order valence-corrected chi connectivity index (χ4v) is 1.90. The summed E-state index contributed by atoms with van der Waals surface area (Å²) in [6, 6.07) is 5.62. The Morgan fingerprint density at radius 2 is 2.11 bits per heavy atom. The van der Waals surface area contributed by atoms with Crippen molar-refractivity contribution in [1.29, 1.82) is 0 Å². The molecule has 1 amide bonds. The summed E-state index contributed by atoms with van der Waals surface area (Å²) in [6.45, 7) is 6.15. The van der Waals surface area contributed by atoms with Crippen LogP contribution in [0.3, 0.4) is 0 Å². The highest BCUT2D eigenvalue weighted by molar-refractivity contribution is 5.95. The number of carbonyl (C=O) groups excluding carboxylic acids is 1. The largest absolute Gasteiger partial charge is 0.399 e. The minimum Gasteiger partial charge on any atom is -0.399 e. The van der Waals surface area contributed by atoms with Crippen LogP contribution in [0.4, 0.5) is 5.69 Å². The highest BCUT2D eigenvalue weighted by atomic mass is 16.1. The zero-order valence-corrected chi connectivity index (χ0v) is 11.6. The molecule has 0 aliphatic carbocycles. The number of benzene rings is 1. The van der Waals surface area contributed by atoms with Gasteiger partial charge >= 0.3 is 0 Å². The first-order valence-electron chi connectivity index (χ1n) is 6.71. The predicted molar refractivity (Wildman–Crippen MR) is 76.7 cm³/mol. The Morgan fingerprint density at radius 3 is 2.72 bits per heavy atom. The summed E-state index contributed by atoms with van der Waals surface area (Å²) in [7, 11) is 0. The Hall–Kier alpha value is -1.51. The lowest BCUT2D eigenvalue weighted by Gasteiger charge is -2.14. The van der Waals surface area contributed by atoms with Gasteiger partial charge in [-0.25, -0.2) is 0 Å². The molecule has 1 rings (SSSR count). The Morgan fingerprint density at radius 1 is 1.39 bits per heavy atom. The number of anilines is 1. The van der Waals surface area contributed by atoms with E-state index in [1.165, 1.54) is 19.3 Å². The molecule has 0 aromatic heterocycles. The average Bonchev–Trinajstić information content (AvgIpc) is 2.33. The Bertz CT molecular complexity index is 401. The summed E-state index contributed by atoms with van der Waals surface area (Å²) >= 11 is 0. The van der Waals surface area contributed by atoms with E-state index in [1.54, 1.807) is 12.1 Å². The second kappa shape index (κ2) is 7.04. The highest BCUT2D eigenvalue weighted by Gasteiger charge is 2.10. The molecule has 0 aliphatic heterocycles. The van der Waals surface area contributed by atoms with Gasteiger partial charge in [0.2, 0.25) is 0 Å². The van der Waals surface area contributed by atoms with Crippen molar-refractivity contribution >= 4 is 11.6 Å². The third kappa shape index (κ3) is 4.40. The Kier molecular flexibility index (Phi) is 5.69. The van der Waals surface area contributed by atoms with Crippen molar-refractivity contribution in [3.8, 4) is 0 Å². The van der Waals surface area contributed by atoms with Gasteiger partial charge in [-0.05, 0) is 44.0 Å². The maximum absolute atomic E-state index is 12.0. The molecule has 1 aromatic carbocycles. The first kappa shape index (κ1) is 14.6. The molecule has 1 aromatic rings. The Balaban J connectivity index is 2.51. The molecule has 0 saturated heterocycles. The molecule has 0 heterocycles. The summed E-state index contributed by atoms with van der Waals surface area (Å²) in [5.74, 6) is -0.0119. The number of rotatable bonds is 6. The molecule has 0 radical (unpaired) electrons. The zero-order chi connectivity index (χ0) is 13.5. The lowest BCUT2D eigenvalue weighted by atomic mass is 10.1. The van der Waals surface area contributed by atoms with Crippen LogP contribution >= 0.6 is 0 Å². The number of nitrogens with one attached hydrogen (secondary N) is 1. The molecule has 0 aliphatic rings. The standard InChI is InChI=1S/C15H24N2O/c1-4-5-6-7-12(3)17-15(18)13-8-9-14(16)11(2)10-13/h8-10,12H,4-7,16H2,1-3H3,(H,17,18). The SMILES string of the molecule is CCCCCC(C)NC(=O)c1ccc(N)c(C)c1. The van der Waals surface area contributed by atoms with Crippen LogP contribution in [0.5, 0.6) is 0 Å². The molecule has 1 atom stereocenters. The van der Waals surface area contributed by atoms with Crippen LogP contribution in [0.25, 0.3) is 0 Å². The minimum atomic E-state index is -0.0119. The highest BCUT2D eigenvalue weighted by Crippen LogP contribution is 2.13. The molecule has 0 bridgehead atoms. The number of aryl methyl sites for hydroxylation is 1. The topological polar surface area (TPSA) is 55.1 Å². The average molecular weight is 248 g/mol. The quantitative estimate of drug-likeness (QED) is 0.599.